The first-order chi connectivity index (χ1) is 12.3. The number of hydrogen-bond acceptors (Lipinski definition) is 3. The lowest BCUT2D eigenvalue weighted by Crippen LogP contribution is -2.31. The summed E-state index contributed by atoms with van der Waals surface area (Å²) >= 11 is 3.21. The highest BCUT2D eigenvalue weighted by Gasteiger charge is 2.18. The van der Waals surface area contributed by atoms with Crippen molar-refractivity contribution in [1.29, 1.82) is 0 Å². The van der Waals surface area contributed by atoms with Crippen LogP contribution in [0.2, 0.25) is 0 Å². The number of para-hydroxylation sites is 1. The molecule has 0 aliphatic rings. The highest BCUT2D eigenvalue weighted by atomic mass is 79.9. The molecule has 0 radical (unpaired) electrons. The van der Waals surface area contributed by atoms with Gasteiger partial charge in [-0.1, -0.05) is 18.2 Å². The second kappa shape index (κ2) is 8.80. The summed E-state index contributed by atoms with van der Waals surface area (Å²) in [5.74, 6) is -0.438. The first-order valence-electron chi connectivity index (χ1n) is 8.00. The molecule has 0 heterocycles. The number of benzene rings is 2. The average molecular weight is 423 g/mol. The van der Waals surface area contributed by atoms with Crippen LogP contribution in [-0.4, -0.2) is 29.9 Å². The molecule has 0 aliphatic carbocycles. The van der Waals surface area contributed by atoms with Crippen LogP contribution in [0.3, 0.4) is 0 Å². The average Bonchev–Trinajstić information content (AvgIpc) is 2.58. The van der Waals surface area contributed by atoms with Gasteiger partial charge in [0.15, 0.2) is 6.10 Å². The maximum atomic E-state index is 13.1. The minimum Gasteiger partial charge on any atom is -0.480 e. The molecule has 26 heavy (non-hydrogen) atoms. The summed E-state index contributed by atoms with van der Waals surface area (Å²) in [5, 5.41) is 2.81. The van der Waals surface area contributed by atoms with Gasteiger partial charge in [-0.3, -0.25) is 9.59 Å². The maximum absolute atomic E-state index is 13.1. The fraction of sp³-hybridized carbons (Fsp3) is 0.263. The van der Waals surface area contributed by atoms with E-state index in [0.717, 1.165) is 5.56 Å². The van der Waals surface area contributed by atoms with Crippen molar-refractivity contribution in [2.45, 2.75) is 26.5 Å². The number of hydrogen-bond donors (Lipinski definition) is 1. The lowest BCUT2D eigenvalue weighted by molar-refractivity contribution is -0.128. The minimum absolute atomic E-state index is 0.0657. The second-order valence-electron chi connectivity index (χ2n) is 5.86. The molecule has 1 N–H and O–H groups in total. The summed E-state index contributed by atoms with van der Waals surface area (Å²) in [5.41, 5.74) is 1.42. The van der Waals surface area contributed by atoms with Crippen molar-refractivity contribution in [3.8, 4) is 5.75 Å². The van der Waals surface area contributed by atoms with Crippen molar-refractivity contribution >= 4 is 33.4 Å². The first-order valence-corrected chi connectivity index (χ1v) is 8.79. The van der Waals surface area contributed by atoms with Crippen molar-refractivity contribution in [2.24, 2.45) is 0 Å². The molecular formula is C19H20BrFN2O3. The van der Waals surface area contributed by atoms with E-state index in [2.05, 4.69) is 21.2 Å². The summed E-state index contributed by atoms with van der Waals surface area (Å²) in [6.45, 7) is 3.47. The van der Waals surface area contributed by atoms with E-state index in [1.165, 1.54) is 25.1 Å². The van der Waals surface area contributed by atoms with Gasteiger partial charge in [-0.15, -0.1) is 0 Å². The van der Waals surface area contributed by atoms with E-state index < -0.39 is 11.9 Å². The number of ether oxygens (including phenoxy) is 1. The number of nitrogens with one attached hydrogen (secondary N) is 1. The SMILES string of the molecule is CC(=O)N(C)Cc1ccccc1NC(=O)C(C)Oc1ccc(F)cc1Br. The normalized spacial score (nSPS) is 11.6. The molecule has 2 amide bonds. The zero-order chi connectivity index (χ0) is 19.3. The van der Waals surface area contributed by atoms with Gasteiger partial charge in [0.2, 0.25) is 5.91 Å². The highest BCUT2D eigenvalue weighted by molar-refractivity contribution is 9.10. The molecule has 2 rings (SSSR count). The molecule has 5 nitrogen and oxygen atoms in total. The van der Waals surface area contributed by atoms with Crippen LogP contribution in [0.25, 0.3) is 0 Å². The quantitative estimate of drug-likeness (QED) is 0.765. The zero-order valence-electron chi connectivity index (χ0n) is 14.8. The zero-order valence-corrected chi connectivity index (χ0v) is 16.3. The Morgan fingerprint density at radius 1 is 1.27 bits per heavy atom. The van der Waals surface area contributed by atoms with Gasteiger partial charge in [0.25, 0.3) is 5.91 Å². The van der Waals surface area contributed by atoms with E-state index in [1.807, 2.05) is 12.1 Å². The molecule has 0 aromatic heterocycles. The van der Waals surface area contributed by atoms with Crippen molar-refractivity contribution in [3.05, 3.63) is 58.3 Å². The summed E-state index contributed by atoms with van der Waals surface area (Å²) < 4.78 is 19.2. The lowest BCUT2D eigenvalue weighted by Gasteiger charge is -2.20. The summed E-state index contributed by atoms with van der Waals surface area (Å²) in [4.78, 5) is 25.5. The molecule has 7 heteroatoms. The van der Waals surface area contributed by atoms with Gasteiger partial charge in [0, 0.05) is 26.2 Å². The van der Waals surface area contributed by atoms with Crippen LogP contribution in [0.15, 0.2) is 46.9 Å². The number of carbonyl (C=O) groups excluding carboxylic acids is 2. The van der Waals surface area contributed by atoms with Crippen LogP contribution in [0.1, 0.15) is 19.4 Å². The molecular weight excluding hydrogens is 403 g/mol. The Morgan fingerprint density at radius 2 is 1.96 bits per heavy atom. The molecule has 2 aromatic carbocycles. The molecule has 0 aliphatic heterocycles. The summed E-state index contributed by atoms with van der Waals surface area (Å²) in [7, 11) is 1.69. The summed E-state index contributed by atoms with van der Waals surface area (Å²) in [6, 6.07) is 11.2. The molecule has 0 bridgehead atoms. The Balaban J connectivity index is 2.08. The number of halogens is 2. The predicted molar refractivity (Wildman–Crippen MR) is 101 cm³/mol. The Bertz CT molecular complexity index is 813. The first kappa shape index (κ1) is 19.9. The molecule has 1 unspecified atom stereocenters. The van der Waals surface area contributed by atoms with E-state index in [0.29, 0.717) is 22.5 Å². The molecule has 1 atom stereocenters. The fourth-order valence-electron chi connectivity index (χ4n) is 2.20. The Morgan fingerprint density at radius 3 is 2.62 bits per heavy atom. The molecule has 0 fully saturated rings. The number of carbonyl (C=O) groups is 2. The van der Waals surface area contributed by atoms with Crippen LogP contribution >= 0.6 is 15.9 Å². The van der Waals surface area contributed by atoms with Gasteiger partial charge in [0.05, 0.1) is 4.47 Å². The van der Waals surface area contributed by atoms with E-state index in [1.54, 1.807) is 31.0 Å². The molecule has 0 saturated carbocycles. The minimum atomic E-state index is -0.796. The van der Waals surface area contributed by atoms with Crippen molar-refractivity contribution in [3.63, 3.8) is 0 Å². The predicted octanol–water partition coefficient (Wildman–Crippen LogP) is 3.97. The number of rotatable bonds is 6. The van der Waals surface area contributed by atoms with Gasteiger partial charge in [-0.25, -0.2) is 4.39 Å². The molecule has 0 saturated heterocycles. The van der Waals surface area contributed by atoms with Gasteiger partial charge < -0.3 is 15.0 Å². The third-order valence-corrected chi connectivity index (χ3v) is 4.41. The lowest BCUT2D eigenvalue weighted by atomic mass is 10.1. The van der Waals surface area contributed by atoms with Crippen LogP contribution in [0.5, 0.6) is 5.75 Å². The smallest absolute Gasteiger partial charge is 0.265 e. The maximum Gasteiger partial charge on any atom is 0.265 e. The molecule has 138 valence electrons. The van der Waals surface area contributed by atoms with Crippen LogP contribution in [0.4, 0.5) is 10.1 Å². The topological polar surface area (TPSA) is 58.6 Å². The highest BCUT2D eigenvalue weighted by Crippen LogP contribution is 2.26. The second-order valence-corrected chi connectivity index (χ2v) is 6.71. The van der Waals surface area contributed by atoms with E-state index in [-0.39, 0.29) is 11.8 Å². The van der Waals surface area contributed by atoms with Crippen LogP contribution < -0.4 is 10.1 Å². The van der Waals surface area contributed by atoms with Crippen LogP contribution in [-0.2, 0) is 16.1 Å². The molecule has 2 aromatic rings. The van der Waals surface area contributed by atoms with E-state index in [9.17, 15) is 14.0 Å². The third kappa shape index (κ3) is 5.29. The van der Waals surface area contributed by atoms with E-state index in [4.69, 9.17) is 4.74 Å². The number of anilines is 1. The Labute approximate surface area is 160 Å². The van der Waals surface area contributed by atoms with Gasteiger partial charge in [-0.05, 0) is 52.7 Å². The van der Waals surface area contributed by atoms with Gasteiger partial charge >= 0.3 is 0 Å². The van der Waals surface area contributed by atoms with Crippen molar-refractivity contribution in [2.75, 3.05) is 12.4 Å². The summed E-state index contributed by atoms with van der Waals surface area (Å²) in [6.07, 6.45) is -0.796. The largest absolute Gasteiger partial charge is 0.480 e. The van der Waals surface area contributed by atoms with Gasteiger partial charge in [0.1, 0.15) is 11.6 Å². The van der Waals surface area contributed by atoms with Crippen molar-refractivity contribution in [1.82, 2.24) is 4.90 Å². The monoisotopic (exact) mass is 422 g/mol. The number of amides is 2. The third-order valence-electron chi connectivity index (χ3n) is 3.79. The molecule has 0 spiro atoms. The van der Waals surface area contributed by atoms with E-state index >= 15 is 0 Å². The fourth-order valence-corrected chi connectivity index (χ4v) is 2.64. The Hall–Kier alpha value is -2.41. The van der Waals surface area contributed by atoms with Crippen LogP contribution in [0, 0.1) is 5.82 Å². The van der Waals surface area contributed by atoms with Gasteiger partial charge in [-0.2, -0.15) is 0 Å². The number of nitrogens with zero attached hydrogens (tertiary/aromatic N) is 1. The standard InChI is InChI=1S/C19H20BrFN2O3/c1-12(26-18-9-8-15(21)10-16(18)20)19(25)22-17-7-5-4-6-14(17)11-23(3)13(2)24/h4-10,12H,11H2,1-3H3,(H,22,25). The Kier molecular flexibility index (Phi) is 6.74. The van der Waals surface area contributed by atoms with Crippen molar-refractivity contribution < 1.29 is 18.7 Å².